The van der Waals surface area contributed by atoms with Gasteiger partial charge in [0.05, 0.1) is 6.61 Å². The second-order valence-corrected chi connectivity index (χ2v) is 2.96. The minimum Gasteiger partial charge on any atom is -0.447 e. The third kappa shape index (κ3) is 3.63. The summed E-state index contributed by atoms with van der Waals surface area (Å²) in [5, 5.41) is 0. The third-order valence-corrected chi connectivity index (χ3v) is 1.98. The van der Waals surface area contributed by atoms with Crippen molar-refractivity contribution < 1.29 is 14.3 Å². The van der Waals surface area contributed by atoms with Gasteiger partial charge in [-0.3, -0.25) is 0 Å². The number of rotatable bonds is 3. The second-order valence-electron chi connectivity index (χ2n) is 2.96. The zero-order chi connectivity index (χ0) is 9.52. The fraction of sp³-hybridized carbons (Fsp3) is 0.778. The van der Waals surface area contributed by atoms with Crippen LogP contribution in [0.25, 0.3) is 0 Å². The molecule has 0 bridgehead atoms. The normalized spacial score (nSPS) is 17.2. The Morgan fingerprint density at radius 1 is 1.38 bits per heavy atom. The number of methoxy groups -OCH3 is 1. The van der Waals surface area contributed by atoms with Gasteiger partial charge in [0.15, 0.2) is 0 Å². The van der Waals surface area contributed by atoms with Gasteiger partial charge >= 0.3 is 6.09 Å². The van der Waals surface area contributed by atoms with Crippen LogP contribution in [0.3, 0.4) is 0 Å². The zero-order valence-corrected chi connectivity index (χ0v) is 7.99. The number of piperidine rings is 1. The minimum absolute atomic E-state index is 0.217. The molecule has 0 N–H and O–H groups in total. The van der Waals surface area contributed by atoms with Crippen molar-refractivity contribution in [3.8, 4) is 0 Å². The largest absolute Gasteiger partial charge is 0.447 e. The molecule has 0 aromatic rings. The van der Waals surface area contributed by atoms with Crippen LogP contribution < -0.4 is 0 Å². The van der Waals surface area contributed by atoms with Crippen molar-refractivity contribution in [1.82, 2.24) is 4.90 Å². The molecule has 1 heterocycles. The highest BCUT2D eigenvalue weighted by Crippen LogP contribution is 2.08. The maximum atomic E-state index is 11.3. The molecule has 1 saturated heterocycles. The molecule has 75 valence electrons. The summed E-state index contributed by atoms with van der Waals surface area (Å²) in [7, 11) is 1.59. The number of ether oxygens (including phenoxy) is 2. The number of nitrogens with zero attached hydrogens (tertiary/aromatic N) is 1. The molecule has 0 unspecified atom stereocenters. The molecule has 0 aromatic heterocycles. The van der Waals surface area contributed by atoms with Gasteiger partial charge in [-0.2, -0.15) is 0 Å². The minimum atomic E-state index is -0.217. The highest BCUT2D eigenvalue weighted by atomic mass is 16.6. The molecule has 4 nitrogen and oxygen atoms in total. The zero-order valence-electron chi connectivity index (χ0n) is 7.99. The van der Waals surface area contributed by atoms with E-state index in [0.717, 1.165) is 25.9 Å². The van der Waals surface area contributed by atoms with Gasteiger partial charge in [-0.15, -0.1) is 0 Å². The van der Waals surface area contributed by atoms with Crippen molar-refractivity contribution in [3.05, 3.63) is 6.42 Å². The molecule has 1 rings (SSSR count). The molecule has 1 aliphatic heterocycles. The van der Waals surface area contributed by atoms with E-state index in [1.165, 1.54) is 0 Å². The van der Waals surface area contributed by atoms with Gasteiger partial charge in [0.1, 0.15) is 6.61 Å². The van der Waals surface area contributed by atoms with Crippen LogP contribution in [0.5, 0.6) is 0 Å². The average molecular weight is 186 g/mol. The lowest BCUT2D eigenvalue weighted by atomic mass is 10.1. The van der Waals surface area contributed by atoms with Crippen LogP contribution >= 0.6 is 0 Å². The Balaban J connectivity index is 2.13. The highest BCUT2D eigenvalue weighted by Gasteiger charge is 2.17. The van der Waals surface area contributed by atoms with Gasteiger partial charge in [-0.1, -0.05) is 0 Å². The standard InChI is InChI=1S/C9H16NO3/c1-12-7-8-13-9(11)10-5-3-2-4-6-10/h2H,3-8H2,1H3. The third-order valence-electron chi connectivity index (χ3n) is 1.98. The number of likely N-dealkylation sites (tertiary alicyclic amines) is 1. The van der Waals surface area contributed by atoms with E-state index in [1.807, 2.05) is 0 Å². The summed E-state index contributed by atoms with van der Waals surface area (Å²) >= 11 is 0. The van der Waals surface area contributed by atoms with E-state index in [0.29, 0.717) is 13.2 Å². The van der Waals surface area contributed by atoms with Crippen LogP contribution in [0, 0.1) is 6.42 Å². The van der Waals surface area contributed by atoms with Crippen LogP contribution in [-0.4, -0.2) is 44.4 Å². The summed E-state index contributed by atoms with van der Waals surface area (Å²) in [4.78, 5) is 13.0. The molecule has 0 atom stereocenters. The van der Waals surface area contributed by atoms with Crippen LogP contribution in [0.2, 0.25) is 0 Å². The highest BCUT2D eigenvalue weighted by molar-refractivity contribution is 5.67. The van der Waals surface area contributed by atoms with Gasteiger partial charge in [0.2, 0.25) is 0 Å². The monoisotopic (exact) mass is 186 g/mol. The summed E-state index contributed by atoms with van der Waals surface area (Å²) in [5.74, 6) is 0. The van der Waals surface area contributed by atoms with E-state index in [-0.39, 0.29) is 6.09 Å². The van der Waals surface area contributed by atoms with Gasteiger partial charge in [-0.05, 0) is 19.3 Å². The number of amides is 1. The first-order chi connectivity index (χ1) is 6.34. The lowest BCUT2D eigenvalue weighted by Crippen LogP contribution is -2.36. The second kappa shape index (κ2) is 5.80. The molecule has 0 spiro atoms. The lowest BCUT2D eigenvalue weighted by Gasteiger charge is -2.25. The summed E-state index contributed by atoms with van der Waals surface area (Å²) in [6, 6.07) is 0. The average Bonchev–Trinajstić information content (AvgIpc) is 2.19. The van der Waals surface area contributed by atoms with Crippen LogP contribution in [0.1, 0.15) is 12.8 Å². The Hall–Kier alpha value is -0.770. The van der Waals surface area contributed by atoms with Crippen molar-refractivity contribution in [3.63, 3.8) is 0 Å². The van der Waals surface area contributed by atoms with Crippen molar-refractivity contribution in [2.45, 2.75) is 12.8 Å². The van der Waals surface area contributed by atoms with E-state index in [9.17, 15) is 4.79 Å². The van der Waals surface area contributed by atoms with Gasteiger partial charge in [0, 0.05) is 20.2 Å². The molecule has 1 fully saturated rings. The topological polar surface area (TPSA) is 38.8 Å². The molecule has 13 heavy (non-hydrogen) atoms. The lowest BCUT2D eigenvalue weighted by molar-refractivity contribution is 0.0698. The SMILES string of the molecule is COCCOC(=O)N1CC[CH]CC1. The van der Waals surface area contributed by atoms with Crippen molar-refractivity contribution >= 4 is 6.09 Å². The smallest absolute Gasteiger partial charge is 0.409 e. The van der Waals surface area contributed by atoms with Crippen molar-refractivity contribution in [2.75, 3.05) is 33.4 Å². The maximum Gasteiger partial charge on any atom is 0.409 e. The molecule has 1 amide bonds. The molecule has 1 aliphatic rings. The molecule has 0 aromatic carbocycles. The predicted octanol–water partition coefficient (Wildman–Crippen LogP) is 1.07. The predicted molar refractivity (Wildman–Crippen MR) is 48.3 cm³/mol. The van der Waals surface area contributed by atoms with Gasteiger partial charge in [0.25, 0.3) is 0 Å². The molecule has 1 radical (unpaired) electrons. The van der Waals surface area contributed by atoms with Crippen molar-refractivity contribution in [1.29, 1.82) is 0 Å². The summed E-state index contributed by atoms with van der Waals surface area (Å²) in [6.07, 6.45) is 3.92. The van der Waals surface area contributed by atoms with Crippen LogP contribution in [0.15, 0.2) is 0 Å². The fourth-order valence-corrected chi connectivity index (χ4v) is 1.24. The first kappa shape index (κ1) is 10.3. The quantitative estimate of drug-likeness (QED) is 0.619. The molecular weight excluding hydrogens is 170 g/mol. The maximum absolute atomic E-state index is 11.3. The molecular formula is C9H16NO3. The summed E-state index contributed by atoms with van der Waals surface area (Å²) < 4.78 is 9.75. The molecule has 0 saturated carbocycles. The van der Waals surface area contributed by atoms with E-state index in [2.05, 4.69) is 6.42 Å². The Labute approximate surface area is 78.8 Å². The summed E-state index contributed by atoms with van der Waals surface area (Å²) in [6.45, 7) is 2.37. The Kier molecular flexibility index (Phi) is 4.60. The number of hydrogen-bond acceptors (Lipinski definition) is 3. The van der Waals surface area contributed by atoms with Crippen molar-refractivity contribution in [2.24, 2.45) is 0 Å². The first-order valence-corrected chi connectivity index (χ1v) is 4.57. The summed E-state index contributed by atoms with van der Waals surface area (Å²) in [5.41, 5.74) is 0. The number of carbonyl (C=O) groups excluding carboxylic acids is 1. The Morgan fingerprint density at radius 3 is 2.69 bits per heavy atom. The number of carbonyl (C=O) groups is 1. The Bertz CT molecular complexity index is 155. The first-order valence-electron chi connectivity index (χ1n) is 4.57. The van der Waals surface area contributed by atoms with E-state index >= 15 is 0 Å². The van der Waals surface area contributed by atoms with Crippen LogP contribution in [0.4, 0.5) is 4.79 Å². The van der Waals surface area contributed by atoms with Gasteiger partial charge in [-0.25, -0.2) is 4.79 Å². The number of hydrogen-bond donors (Lipinski definition) is 0. The fourth-order valence-electron chi connectivity index (χ4n) is 1.24. The van der Waals surface area contributed by atoms with Crippen LogP contribution in [-0.2, 0) is 9.47 Å². The Morgan fingerprint density at radius 2 is 2.08 bits per heavy atom. The molecule has 0 aliphatic carbocycles. The molecule has 4 heteroatoms. The van der Waals surface area contributed by atoms with E-state index in [1.54, 1.807) is 12.0 Å². The van der Waals surface area contributed by atoms with Gasteiger partial charge < -0.3 is 14.4 Å². The van der Waals surface area contributed by atoms with E-state index < -0.39 is 0 Å². The van der Waals surface area contributed by atoms with E-state index in [4.69, 9.17) is 9.47 Å².